The molecule has 0 aromatic heterocycles. The van der Waals surface area contributed by atoms with Crippen LogP contribution < -0.4 is 0 Å². The van der Waals surface area contributed by atoms with Gasteiger partial charge in [-0.1, -0.05) is 39.5 Å². The van der Waals surface area contributed by atoms with Crippen LogP contribution in [0.25, 0.3) is 0 Å². The molecule has 0 amide bonds. The fraction of sp³-hybridized carbons (Fsp3) is 1.00. The van der Waals surface area contributed by atoms with Crippen molar-refractivity contribution < 1.29 is 4.39 Å². The van der Waals surface area contributed by atoms with Gasteiger partial charge in [0.1, 0.15) is 0 Å². The minimum atomic E-state index is 0.500. The summed E-state index contributed by atoms with van der Waals surface area (Å²) in [5.74, 6) is 0. The van der Waals surface area contributed by atoms with Crippen molar-refractivity contribution in [2.75, 3.05) is 13.4 Å². The van der Waals surface area contributed by atoms with Gasteiger partial charge in [-0.25, -0.2) is 0 Å². The Kier molecular flexibility index (Phi) is 58.0. The van der Waals surface area contributed by atoms with Crippen LogP contribution in [-0.4, -0.2) is 13.4 Å². The van der Waals surface area contributed by atoms with E-state index >= 15 is 0 Å². The third-order valence-electron chi connectivity index (χ3n) is 1.000. The van der Waals surface area contributed by atoms with E-state index in [0.29, 0.717) is 7.18 Å². The molecule has 0 N–H and O–H groups in total. The van der Waals surface area contributed by atoms with Gasteiger partial charge in [0.05, 0.1) is 7.18 Å². The molecule has 0 bridgehead atoms. The van der Waals surface area contributed by atoms with Crippen molar-refractivity contribution >= 4 is 12.6 Å². The molecule has 0 unspecified atom stereocenters. The van der Waals surface area contributed by atoms with E-state index in [4.69, 9.17) is 0 Å². The van der Waals surface area contributed by atoms with Crippen LogP contribution in [-0.2, 0) is 0 Å². The second-order valence-electron chi connectivity index (χ2n) is 1.41. The van der Waals surface area contributed by atoms with Gasteiger partial charge in [-0.2, -0.15) is 12.6 Å². The minimum absolute atomic E-state index is 0.500. The highest BCUT2D eigenvalue weighted by atomic mass is 32.1. The van der Waals surface area contributed by atoms with Crippen molar-refractivity contribution in [2.24, 2.45) is 0 Å². The number of hydrogen-bond acceptors (Lipinski definition) is 1. The Labute approximate surface area is 70.6 Å². The topological polar surface area (TPSA) is 0 Å². The Morgan fingerprint density at radius 2 is 0.900 bits per heavy atom. The lowest BCUT2D eigenvalue weighted by atomic mass is 10.0. The van der Waals surface area contributed by atoms with Crippen molar-refractivity contribution in [1.82, 2.24) is 0 Å². The van der Waals surface area contributed by atoms with Gasteiger partial charge in [0.25, 0.3) is 0 Å². The Balaban J connectivity index is -0.0000000729. The first-order chi connectivity index (χ1) is 5.00. The van der Waals surface area contributed by atoms with Crippen LogP contribution in [0.5, 0.6) is 0 Å². The first-order valence-electron chi connectivity index (χ1n) is 3.83. The summed E-state index contributed by atoms with van der Waals surface area (Å²) in [4.78, 5) is 0. The highest BCUT2D eigenvalue weighted by Gasteiger charge is 1.95. The first-order valence-corrected chi connectivity index (χ1v) is 4.72. The predicted molar refractivity (Wildman–Crippen MR) is 51.8 cm³/mol. The standard InChI is InChI=1S/C4H8.C2H6.CH3F.CH4S/c1-2-4-3-1;3*1-2/h1-4H2;1-2H3;1H3;2H,1H3. The van der Waals surface area contributed by atoms with E-state index in [-0.39, 0.29) is 0 Å². The Morgan fingerprint density at radius 3 is 0.900 bits per heavy atom. The lowest BCUT2D eigenvalue weighted by Gasteiger charge is -2.05. The molecule has 0 nitrogen and oxygen atoms in total. The lowest BCUT2D eigenvalue weighted by molar-refractivity contribution is 0.504. The van der Waals surface area contributed by atoms with E-state index in [1.807, 2.05) is 13.8 Å². The van der Waals surface area contributed by atoms with Crippen LogP contribution in [0.15, 0.2) is 0 Å². The predicted octanol–water partition coefficient (Wildman–Crippen LogP) is 3.72. The van der Waals surface area contributed by atoms with Gasteiger partial charge < -0.3 is 0 Å². The molecule has 1 aliphatic rings. The molecule has 0 aromatic carbocycles. The maximum Gasteiger partial charge on any atom is 0.0785 e. The van der Waals surface area contributed by atoms with Crippen molar-refractivity contribution in [3.8, 4) is 0 Å². The minimum Gasteiger partial charge on any atom is -0.255 e. The summed E-state index contributed by atoms with van der Waals surface area (Å²) in [6, 6.07) is 0. The van der Waals surface area contributed by atoms with Crippen molar-refractivity contribution in [1.29, 1.82) is 0 Å². The zero-order chi connectivity index (χ0) is 8.83. The largest absolute Gasteiger partial charge is 0.255 e. The quantitative estimate of drug-likeness (QED) is 0.524. The second-order valence-corrected chi connectivity index (χ2v) is 1.41. The maximum atomic E-state index is 9.50. The molecule has 1 saturated carbocycles. The first kappa shape index (κ1) is 16.7. The molecular formula is C8H21FS. The summed E-state index contributed by atoms with van der Waals surface area (Å²) < 4.78 is 9.50. The fourth-order valence-electron chi connectivity index (χ4n) is 0.250. The number of halogens is 1. The van der Waals surface area contributed by atoms with Crippen LogP contribution in [0.3, 0.4) is 0 Å². The van der Waals surface area contributed by atoms with Gasteiger partial charge in [0.15, 0.2) is 0 Å². The third-order valence-corrected chi connectivity index (χ3v) is 1.000. The molecule has 1 rings (SSSR count). The Hall–Kier alpha value is 0.280. The molecule has 0 radical (unpaired) electrons. The van der Waals surface area contributed by atoms with Crippen LogP contribution in [0, 0.1) is 0 Å². The molecule has 0 heterocycles. The van der Waals surface area contributed by atoms with Gasteiger partial charge in [-0.3, -0.25) is 4.39 Å². The van der Waals surface area contributed by atoms with E-state index in [0.717, 1.165) is 0 Å². The van der Waals surface area contributed by atoms with E-state index in [2.05, 4.69) is 12.6 Å². The van der Waals surface area contributed by atoms with Crippen molar-refractivity contribution in [2.45, 2.75) is 39.5 Å². The third kappa shape index (κ3) is 24.0. The zero-order valence-corrected chi connectivity index (χ0v) is 8.55. The van der Waals surface area contributed by atoms with Crippen LogP contribution in [0.1, 0.15) is 39.5 Å². The molecule has 0 spiro atoms. The summed E-state index contributed by atoms with van der Waals surface area (Å²) in [5, 5.41) is 0. The summed E-state index contributed by atoms with van der Waals surface area (Å²) in [7, 11) is 0.500. The smallest absolute Gasteiger partial charge is 0.0785 e. The van der Waals surface area contributed by atoms with Gasteiger partial charge in [-0.15, -0.1) is 0 Å². The van der Waals surface area contributed by atoms with Gasteiger partial charge in [0.2, 0.25) is 0 Å². The molecule has 0 saturated heterocycles. The molecule has 0 aromatic rings. The summed E-state index contributed by atoms with van der Waals surface area (Å²) >= 11 is 3.53. The highest BCUT2D eigenvalue weighted by molar-refractivity contribution is 7.79. The average molecular weight is 168 g/mol. The van der Waals surface area contributed by atoms with Crippen molar-refractivity contribution in [3.05, 3.63) is 0 Å². The van der Waals surface area contributed by atoms with Gasteiger partial charge in [0, 0.05) is 0 Å². The van der Waals surface area contributed by atoms with E-state index in [1.54, 1.807) is 6.26 Å². The molecule has 66 valence electrons. The number of thiol groups is 1. The van der Waals surface area contributed by atoms with Gasteiger partial charge in [-0.05, 0) is 6.26 Å². The number of alkyl halides is 1. The van der Waals surface area contributed by atoms with Crippen LogP contribution >= 0.6 is 12.6 Å². The normalized spacial score (nSPS) is 11.4. The highest BCUT2D eigenvalue weighted by Crippen LogP contribution is 2.15. The van der Waals surface area contributed by atoms with E-state index in [1.165, 1.54) is 25.7 Å². The number of rotatable bonds is 0. The lowest BCUT2D eigenvalue weighted by Crippen LogP contribution is -1.85. The SMILES string of the molecule is C1CCC1.CC.CF.CS. The molecule has 10 heavy (non-hydrogen) atoms. The Bertz CT molecular complexity index is 17.2. The summed E-state index contributed by atoms with van der Waals surface area (Å²) in [5.41, 5.74) is 0. The fourth-order valence-corrected chi connectivity index (χ4v) is 0.250. The van der Waals surface area contributed by atoms with Crippen LogP contribution in [0.4, 0.5) is 4.39 Å². The molecule has 1 aliphatic carbocycles. The molecule has 0 aliphatic heterocycles. The van der Waals surface area contributed by atoms with Crippen molar-refractivity contribution in [3.63, 3.8) is 0 Å². The second kappa shape index (κ2) is 34.7. The molecule has 1 fully saturated rings. The summed E-state index contributed by atoms with van der Waals surface area (Å²) in [6.07, 6.45) is 7.69. The Morgan fingerprint density at radius 1 is 0.800 bits per heavy atom. The maximum absolute atomic E-state index is 9.50. The number of hydrogen-bond donors (Lipinski definition) is 1. The average Bonchev–Trinajstić information content (AvgIpc) is 1.96. The molecule has 2 heteroatoms. The van der Waals surface area contributed by atoms with E-state index < -0.39 is 0 Å². The van der Waals surface area contributed by atoms with Gasteiger partial charge >= 0.3 is 0 Å². The van der Waals surface area contributed by atoms with Crippen LogP contribution in [0.2, 0.25) is 0 Å². The zero-order valence-electron chi connectivity index (χ0n) is 7.65. The monoisotopic (exact) mass is 168 g/mol. The molecule has 0 atom stereocenters. The molecular weight excluding hydrogens is 147 g/mol. The summed E-state index contributed by atoms with van der Waals surface area (Å²) in [6.45, 7) is 4.00. The van der Waals surface area contributed by atoms with E-state index in [9.17, 15) is 4.39 Å².